The summed E-state index contributed by atoms with van der Waals surface area (Å²) in [5, 5.41) is 0. The average Bonchev–Trinajstić information content (AvgIpc) is 3.30. The molecule has 0 N–H and O–H groups in total. The number of carbonyl (C=O) groups excluding carboxylic acids is 3. The smallest absolute Gasteiger partial charge is 0.306 e. The van der Waals surface area contributed by atoms with E-state index in [0.717, 1.165) is 103 Å². The number of hydrogen-bond acceptors (Lipinski definition) is 6. The molecule has 6 heteroatoms. The van der Waals surface area contributed by atoms with E-state index in [1.54, 1.807) is 0 Å². The number of carbonyl (C=O) groups is 3. The second-order valence-corrected chi connectivity index (χ2v) is 18.5. The molecule has 0 rings (SSSR count). The third kappa shape index (κ3) is 51.9. The summed E-state index contributed by atoms with van der Waals surface area (Å²) < 4.78 is 16.8. The molecule has 0 aliphatic rings. The first kappa shape index (κ1) is 62.1. The number of allylic oxidation sites excluding steroid dienone is 10. The fourth-order valence-corrected chi connectivity index (χ4v) is 7.80. The summed E-state index contributed by atoms with van der Waals surface area (Å²) in [4.78, 5) is 38.1. The lowest BCUT2D eigenvalue weighted by atomic mass is 10.1. The maximum atomic E-state index is 12.8. The van der Waals surface area contributed by atoms with E-state index in [9.17, 15) is 14.4 Å². The quantitative estimate of drug-likeness (QED) is 0.0262. The molecule has 0 amide bonds. The predicted octanol–water partition coefficient (Wildman–Crippen LogP) is 18.4. The molecule has 0 aromatic heterocycles. The van der Waals surface area contributed by atoms with Crippen molar-refractivity contribution in [1.29, 1.82) is 0 Å². The Hall–Kier alpha value is -2.89. The lowest BCUT2D eigenvalue weighted by molar-refractivity contribution is -0.167. The van der Waals surface area contributed by atoms with E-state index in [-0.39, 0.29) is 31.1 Å². The van der Waals surface area contributed by atoms with Crippen molar-refractivity contribution in [3.8, 4) is 0 Å². The second kappa shape index (κ2) is 53.7. The van der Waals surface area contributed by atoms with Crippen molar-refractivity contribution in [3.63, 3.8) is 0 Å². The van der Waals surface area contributed by atoms with E-state index >= 15 is 0 Å². The molecule has 0 aromatic rings. The SMILES string of the molecule is CC/C=C\C/C=C\C/C=C\CCCCCCCC(=O)OC[C@H](COC(=O)CCCCCCC/C=C\CCCCCCCC)OC(=O)CCCCCCCCC/C=C\CCCCCCCC. The Labute approximate surface area is 402 Å². The Balaban J connectivity index is 4.41. The first-order valence-corrected chi connectivity index (χ1v) is 27.8. The first-order valence-electron chi connectivity index (χ1n) is 27.8. The van der Waals surface area contributed by atoms with Crippen LogP contribution in [0.15, 0.2) is 60.8 Å². The molecule has 0 fully saturated rings. The van der Waals surface area contributed by atoms with E-state index < -0.39 is 6.10 Å². The van der Waals surface area contributed by atoms with Crippen molar-refractivity contribution in [2.24, 2.45) is 0 Å². The molecular formula is C59H104O6. The highest BCUT2D eigenvalue weighted by atomic mass is 16.6. The van der Waals surface area contributed by atoms with Crippen molar-refractivity contribution >= 4 is 17.9 Å². The van der Waals surface area contributed by atoms with Crippen molar-refractivity contribution in [2.45, 2.75) is 284 Å². The summed E-state index contributed by atoms with van der Waals surface area (Å²) in [5.74, 6) is -0.906. The molecule has 0 saturated carbocycles. The number of unbranched alkanes of at least 4 members (excludes halogenated alkanes) is 29. The normalized spacial score (nSPS) is 12.5. The molecule has 0 bridgehead atoms. The summed E-state index contributed by atoms with van der Waals surface area (Å²) in [6, 6.07) is 0. The molecule has 0 heterocycles. The van der Waals surface area contributed by atoms with Gasteiger partial charge in [0.15, 0.2) is 6.10 Å². The van der Waals surface area contributed by atoms with Gasteiger partial charge in [-0.3, -0.25) is 14.4 Å². The van der Waals surface area contributed by atoms with Crippen LogP contribution in [-0.2, 0) is 28.6 Å². The van der Waals surface area contributed by atoms with Crippen LogP contribution in [0, 0.1) is 0 Å². The molecule has 376 valence electrons. The lowest BCUT2D eigenvalue weighted by Gasteiger charge is -2.18. The van der Waals surface area contributed by atoms with Gasteiger partial charge < -0.3 is 14.2 Å². The van der Waals surface area contributed by atoms with E-state index in [1.807, 2.05) is 0 Å². The summed E-state index contributed by atoms with van der Waals surface area (Å²) in [5.41, 5.74) is 0. The molecule has 0 radical (unpaired) electrons. The van der Waals surface area contributed by atoms with Gasteiger partial charge in [0.1, 0.15) is 13.2 Å². The van der Waals surface area contributed by atoms with Crippen LogP contribution in [0.25, 0.3) is 0 Å². The molecule has 65 heavy (non-hydrogen) atoms. The molecule has 0 aromatic carbocycles. The number of esters is 3. The van der Waals surface area contributed by atoms with Crippen molar-refractivity contribution in [1.82, 2.24) is 0 Å². The maximum absolute atomic E-state index is 12.8. The molecule has 6 nitrogen and oxygen atoms in total. The number of rotatable bonds is 50. The van der Waals surface area contributed by atoms with E-state index in [4.69, 9.17) is 14.2 Å². The fraction of sp³-hybridized carbons (Fsp3) is 0.780. The van der Waals surface area contributed by atoms with Crippen molar-refractivity contribution < 1.29 is 28.6 Å². The van der Waals surface area contributed by atoms with Gasteiger partial charge in [-0.15, -0.1) is 0 Å². The third-order valence-corrected chi connectivity index (χ3v) is 12.0. The molecule has 1 atom stereocenters. The Morgan fingerprint density at radius 2 is 0.600 bits per heavy atom. The minimum atomic E-state index is -0.786. The van der Waals surface area contributed by atoms with Gasteiger partial charge >= 0.3 is 17.9 Å². The van der Waals surface area contributed by atoms with E-state index in [0.29, 0.717) is 19.3 Å². The fourth-order valence-electron chi connectivity index (χ4n) is 7.80. The van der Waals surface area contributed by atoms with Gasteiger partial charge in [-0.1, -0.05) is 216 Å². The molecular weight excluding hydrogens is 805 g/mol. The zero-order chi connectivity index (χ0) is 47.2. The molecule has 0 saturated heterocycles. The van der Waals surface area contributed by atoms with Crippen molar-refractivity contribution in [3.05, 3.63) is 60.8 Å². The Morgan fingerprint density at radius 3 is 0.954 bits per heavy atom. The topological polar surface area (TPSA) is 78.9 Å². The zero-order valence-electron chi connectivity index (χ0n) is 43.0. The highest BCUT2D eigenvalue weighted by Gasteiger charge is 2.19. The van der Waals surface area contributed by atoms with Crippen LogP contribution in [0.5, 0.6) is 0 Å². The largest absolute Gasteiger partial charge is 0.462 e. The standard InChI is InChI=1S/C59H104O6/c1-4-7-10-13-16-19-22-25-28-29-32-35-38-41-44-47-50-53-59(62)65-56(54-63-57(60)51-48-45-42-39-36-33-30-26-23-20-17-14-11-8-5-2)55-64-58(61)52-49-46-43-40-37-34-31-27-24-21-18-15-12-9-6-3/h8,11,17,20,25-28,30-31,56H,4-7,9-10,12-16,18-19,21-24,29,32-55H2,1-3H3/b11-8-,20-17-,28-25-,30-26-,31-27-/t56-/m1/s1. The number of hydrogen-bond donors (Lipinski definition) is 0. The van der Waals surface area contributed by atoms with Crippen LogP contribution in [0.2, 0.25) is 0 Å². The van der Waals surface area contributed by atoms with Crippen LogP contribution < -0.4 is 0 Å². The minimum absolute atomic E-state index is 0.0851. The van der Waals surface area contributed by atoms with Gasteiger partial charge in [0.05, 0.1) is 0 Å². The highest BCUT2D eigenvalue weighted by molar-refractivity contribution is 5.71. The van der Waals surface area contributed by atoms with Gasteiger partial charge in [-0.05, 0) is 103 Å². The molecule has 0 aliphatic carbocycles. The first-order chi connectivity index (χ1) is 32.0. The van der Waals surface area contributed by atoms with Crippen molar-refractivity contribution in [2.75, 3.05) is 13.2 Å². The number of ether oxygens (including phenoxy) is 3. The highest BCUT2D eigenvalue weighted by Crippen LogP contribution is 2.15. The molecule has 0 spiro atoms. The predicted molar refractivity (Wildman–Crippen MR) is 279 cm³/mol. The Kier molecular flexibility index (Phi) is 51.3. The minimum Gasteiger partial charge on any atom is -0.462 e. The molecule has 0 unspecified atom stereocenters. The van der Waals surface area contributed by atoms with Crippen LogP contribution in [0.3, 0.4) is 0 Å². The monoisotopic (exact) mass is 909 g/mol. The summed E-state index contributed by atoms with van der Waals surface area (Å²) >= 11 is 0. The van der Waals surface area contributed by atoms with Crippen LogP contribution in [-0.4, -0.2) is 37.2 Å². The summed E-state index contributed by atoms with van der Waals surface area (Å²) in [6.45, 7) is 6.51. The Bertz CT molecular complexity index is 1180. The van der Waals surface area contributed by atoms with Gasteiger partial charge in [-0.2, -0.15) is 0 Å². The van der Waals surface area contributed by atoms with Crippen LogP contribution >= 0.6 is 0 Å². The Morgan fingerprint density at radius 1 is 0.323 bits per heavy atom. The summed E-state index contributed by atoms with van der Waals surface area (Å²) in [6.07, 6.45) is 66.3. The van der Waals surface area contributed by atoms with E-state index in [2.05, 4.69) is 81.5 Å². The zero-order valence-corrected chi connectivity index (χ0v) is 43.0. The van der Waals surface area contributed by atoms with Gasteiger partial charge in [0.2, 0.25) is 0 Å². The van der Waals surface area contributed by atoms with Crippen LogP contribution in [0.1, 0.15) is 278 Å². The third-order valence-electron chi connectivity index (χ3n) is 12.0. The van der Waals surface area contributed by atoms with Gasteiger partial charge in [0, 0.05) is 19.3 Å². The second-order valence-electron chi connectivity index (χ2n) is 18.5. The van der Waals surface area contributed by atoms with Gasteiger partial charge in [0.25, 0.3) is 0 Å². The van der Waals surface area contributed by atoms with Crippen LogP contribution in [0.4, 0.5) is 0 Å². The van der Waals surface area contributed by atoms with Gasteiger partial charge in [-0.25, -0.2) is 0 Å². The van der Waals surface area contributed by atoms with E-state index in [1.165, 1.54) is 135 Å². The summed E-state index contributed by atoms with van der Waals surface area (Å²) in [7, 11) is 0. The maximum Gasteiger partial charge on any atom is 0.306 e. The molecule has 0 aliphatic heterocycles. The lowest BCUT2D eigenvalue weighted by Crippen LogP contribution is -2.30. The average molecular weight is 909 g/mol.